The Hall–Kier alpha value is -3.45. The van der Waals surface area contributed by atoms with Crippen molar-refractivity contribution in [2.75, 3.05) is 0 Å². The highest BCUT2D eigenvalue weighted by Gasteiger charge is 2.16. The van der Waals surface area contributed by atoms with Crippen molar-refractivity contribution in [2.45, 2.75) is 0 Å². The van der Waals surface area contributed by atoms with Gasteiger partial charge in [-0.1, -0.05) is 23.7 Å². The van der Waals surface area contributed by atoms with Crippen molar-refractivity contribution in [1.82, 2.24) is 9.97 Å². The molecule has 4 rings (SSSR count). The molecule has 0 fully saturated rings. The summed E-state index contributed by atoms with van der Waals surface area (Å²) in [6.07, 6.45) is 0. The minimum atomic E-state index is -0.632. The van der Waals surface area contributed by atoms with E-state index >= 15 is 0 Å². The highest BCUT2D eigenvalue weighted by atomic mass is 35.5. The van der Waals surface area contributed by atoms with Crippen molar-refractivity contribution in [3.05, 3.63) is 84.5 Å². The van der Waals surface area contributed by atoms with Gasteiger partial charge < -0.3 is 4.98 Å². The van der Waals surface area contributed by atoms with E-state index in [0.717, 1.165) is 0 Å². The molecule has 0 radical (unpaired) electrons. The van der Waals surface area contributed by atoms with Crippen LogP contribution in [0.25, 0.3) is 32.8 Å². The maximum absolute atomic E-state index is 12.3. The summed E-state index contributed by atoms with van der Waals surface area (Å²) in [4.78, 5) is 39.5. The van der Waals surface area contributed by atoms with Crippen molar-refractivity contribution < 1.29 is 4.92 Å². The number of nitro benzene ring substituents is 1. The quantitative estimate of drug-likeness (QED) is 0.320. The van der Waals surface area contributed by atoms with Crippen molar-refractivity contribution in [2.24, 2.45) is 0 Å². The van der Waals surface area contributed by atoms with E-state index in [1.807, 2.05) is 0 Å². The first-order valence-corrected chi connectivity index (χ1v) is 7.95. The fourth-order valence-corrected chi connectivity index (χ4v) is 3.27. The summed E-state index contributed by atoms with van der Waals surface area (Å²) in [7, 11) is 0. The summed E-state index contributed by atoms with van der Waals surface area (Å²) in [5.41, 5.74) is 0.325. The monoisotopic (exact) mass is 367 g/mol. The number of hydrogen-bond donors (Lipinski definition) is 2. The number of nitro groups is 1. The molecule has 1 aromatic heterocycles. The third-order valence-electron chi connectivity index (χ3n) is 4.16. The number of non-ortho nitro benzene ring substituents is 1. The van der Waals surface area contributed by atoms with Crippen LogP contribution in [0.2, 0.25) is 5.02 Å². The van der Waals surface area contributed by atoms with Gasteiger partial charge in [-0.05, 0) is 40.6 Å². The van der Waals surface area contributed by atoms with Gasteiger partial charge in [0, 0.05) is 22.7 Å². The summed E-state index contributed by atoms with van der Waals surface area (Å²) >= 11 is 6.10. The zero-order valence-corrected chi connectivity index (χ0v) is 13.8. The average molecular weight is 368 g/mol. The number of benzene rings is 3. The number of hydrogen-bond acceptors (Lipinski definition) is 4. The summed E-state index contributed by atoms with van der Waals surface area (Å²) in [5.74, 6) is 0. The van der Waals surface area contributed by atoms with Crippen LogP contribution in [0.4, 0.5) is 5.69 Å². The summed E-state index contributed by atoms with van der Waals surface area (Å²) in [6.45, 7) is 0. The molecule has 0 unspecified atom stereocenters. The average Bonchev–Trinajstić information content (AvgIpc) is 2.59. The number of nitrogens with one attached hydrogen (secondary N) is 2. The molecular weight excluding hydrogens is 358 g/mol. The van der Waals surface area contributed by atoms with E-state index in [2.05, 4.69) is 9.97 Å². The standard InChI is InChI=1S/C18H10ClN3O4/c19-11-3-1-2-9(6-11)15-13-5-4-12(22(25)26)7-10(13)8-14-16(15)20-18(24)21-17(14)23/h1-8H,(H2,20,21,23,24). The number of halogens is 1. The zero-order chi connectivity index (χ0) is 18.4. The predicted molar refractivity (Wildman–Crippen MR) is 99.8 cm³/mol. The number of aromatic amines is 2. The summed E-state index contributed by atoms with van der Waals surface area (Å²) in [5, 5.41) is 13.0. The van der Waals surface area contributed by atoms with Crippen molar-refractivity contribution in [3.63, 3.8) is 0 Å². The largest absolute Gasteiger partial charge is 0.326 e. The Labute approximate surface area is 150 Å². The van der Waals surface area contributed by atoms with Gasteiger partial charge in [0.15, 0.2) is 0 Å². The molecule has 2 N–H and O–H groups in total. The van der Waals surface area contributed by atoms with Crippen LogP contribution in [0.15, 0.2) is 58.1 Å². The Morgan fingerprint density at radius 1 is 0.962 bits per heavy atom. The maximum atomic E-state index is 12.3. The van der Waals surface area contributed by atoms with Crippen LogP contribution in [0.1, 0.15) is 0 Å². The third kappa shape index (κ3) is 2.55. The van der Waals surface area contributed by atoms with Crippen molar-refractivity contribution >= 4 is 39.0 Å². The number of fused-ring (bicyclic) bond motifs is 2. The van der Waals surface area contributed by atoms with Gasteiger partial charge in [-0.2, -0.15) is 0 Å². The highest BCUT2D eigenvalue weighted by Crippen LogP contribution is 2.36. The number of H-pyrrole nitrogens is 2. The van der Waals surface area contributed by atoms with E-state index < -0.39 is 16.2 Å². The molecule has 0 saturated heterocycles. The minimum absolute atomic E-state index is 0.0882. The van der Waals surface area contributed by atoms with Gasteiger partial charge in [0.05, 0.1) is 15.8 Å². The SMILES string of the molecule is O=c1[nH]c(=O)c2cc3cc([N+](=O)[O-])ccc3c(-c3cccc(Cl)c3)c2[nH]1. The molecule has 26 heavy (non-hydrogen) atoms. The number of nitrogens with zero attached hydrogens (tertiary/aromatic N) is 1. The van der Waals surface area contributed by atoms with E-state index in [-0.39, 0.29) is 11.1 Å². The van der Waals surface area contributed by atoms with Crippen LogP contribution >= 0.6 is 11.6 Å². The van der Waals surface area contributed by atoms with Gasteiger partial charge in [0.1, 0.15) is 0 Å². The topological polar surface area (TPSA) is 109 Å². The molecule has 3 aromatic carbocycles. The first-order chi connectivity index (χ1) is 12.4. The lowest BCUT2D eigenvalue weighted by molar-refractivity contribution is -0.384. The van der Waals surface area contributed by atoms with Crippen molar-refractivity contribution in [3.8, 4) is 11.1 Å². The Kier molecular flexibility index (Phi) is 3.59. The van der Waals surface area contributed by atoms with Gasteiger partial charge in [0.25, 0.3) is 11.2 Å². The van der Waals surface area contributed by atoms with Gasteiger partial charge >= 0.3 is 5.69 Å². The van der Waals surface area contributed by atoms with Gasteiger partial charge in [-0.25, -0.2) is 4.79 Å². The first-order valence-electron chi connectivity index (χ1n) is 7.57. The van der Waals surface area contributed by atoms with Crippen LogP contribution in [-0.2, 0) is 0 Å². The van der Waals surface area contributed by atoms with E-state index in [4.69, 9.17) is 11.6 Å². The van der Waals surface area contributed by atoms with Crippen LogP contribution in [0.3, 0.4) is 0 Å². The third-order valence-corrected chi connectivity index (χ3v) is 4.39. The van der Waals surface area contributed by atoms with E-state index in [1.165, 1.54) is 18.2 Å². The Balaban J connectivity index is 2.25. The molecule has 4 aromatic rings. The molecule has 0 aliphatic carbocycles. The molecule has 1 heterocycles. The summed E-state index contributed by atoms with van der Waals surface area (Å²) in [6, 6.07) is 12.9. The lowest BCUT2D eigenvalue weighted by atomic mass is 9.95. The molecule has 0 aliphatic rings. The zero-order valence-electron chi connectivity index (χ0n) is 13.1. The second-order valence-corrected chi connectivity index (χ2v) is 6.19. The minimum Gasteiger partial charge on any atom is -0.306 e. The van der Waals surface area contributed by atoms with Crippen LogP contribution < -0.4 is 11.2 Å². The van der Waals surface area contributed by atoms with E-state index in [1.54, 1.807) is 30.3 Å². The van der Waals surface area contributed by atoms with Gasteiger partial charge in [0.2, 0.25) is 0 Å². The Morgan fingerprint density at radius 2 is 1.77 bits per heavy atom. The van der Waals surface area contributed by atoms with E-state index in [0.29, 0.717) is 32.4 Å². The molecule has 0 amide bonds. The second-order valence-electron chi connectivity index (χ2n) is 5.76. The predicted octanol–water partition coefficient (Wildman–Crippen LogP) is 3.60. The second kappa shape index (κ2) is 5.82. The van der Waals surface area contributed by atoms with Crippen molar-refractivity contribution in [1.29, 1.82) is 0 Å². The number of aromatic nitrogens is 2. The lowest BCUT2D eigenvalue weighted by Crippen LogP contribution is -2.22. The Bertz CT molecular complexity index is 1320. The molecule has 128 valence electrons. The molecule has 0 spiro atoms. The molecule has 0 atom stereocenters. The molecule has 0 bridgehead atoms. The van der Waals surface area contributed by atoms with Gasteiger partial charge in [-0.15, -0.1) is 0 Å². The normalized spacial score (nSPS) is 11.1. The first kappa shape index (κ1) is 16.0. The lowest BCUT2D eigenvalue weighted by Gasteiger charge is -2.11. The highest BCUT2D eigenvalue weighted by molar-refractivity contribution is 6.31. The molecular formula is C18H10ClN3O4. The molecule has 0 aliphatic heterocycles. The van der Waals surface area contributed by atoms with Crippen LogP contribution in [0, 0.1) is 10.1 Å². The van der Waals surface area contributed by atoms with Crippen LogP contribution in [-0.4, -0.2) is 14.9 Å². The van der Waals surface area contributed by atoms with E-state index in [9.17, 15) is 19.7 Å². The number of rotatable bonds is 2. The molecule has 8 heteroatoms. The fourth-order valence-electron chi connectivity index (χ4n) is 3.08. The Morgan fingerprint density at radius 3 is 2.50 bits per heavy atom. The summed E-state index contributed by atoms with van der Waals surface area (Å²) < 4.78 is 0. The maximum Gasteiger partial charge on any atom is 0.326 e. The smallest absolute Gasteiger partial charge is 0.306 e. The fraction of sp³-hybridized carbons (Fsp3) is 0. The van der Waals surface area contributed by atoms with Crippen LogP contribution in [0.5, 0.6) is 0 Å². The molecule has 7 nitrogen and oxygen atoms in total. The van der Waals surface area contributed by atoms with Gasteiger partial charge in [-0.3, -0.25) is 19.9 Å². The molecule has 0 saturated carbocycles.